The molecule has 1 saturated carbocycles. The Hall–Kier alpha value is -3.99. The van der Waals surface area contributed by atoms with E-state index in [1.165, 1.54) is 6.07 Å². The summed E-state index contributed by atoms with van der Waals surface area (Å²) in [5, 5.41) is 3.16. The van der Waals surface area contributed by atoms with Crippen LogP contribution in [0.15, 0.2) is 72.8 Å². The molecule has 0 spiro atoms. The fraction of sp³-hybridized carbons (Fsp3) is 0.394. The topological polar surface area (TPSA) is 96.0 Å². The molecule has 11 heteroatoms. The van der Waals surface area contributed by atoms with E-state index in [4.69, 9.17) is 4.74 Å². The van der Waals surface area contributed by atoms with Crippen LogP contribution >= 0.6 is 0 Å². The number of halogens is 2. The average Bonchev–Trinajstić information content (AvgIpc) is 3.51. The fourth-order valence-corrected chi connectivity index (χ4v) is 6.49. The first kappa shape index (κ1) is 32.9. The maximum Gasteiger partial charge on any atom is 0.243 e. The number of benzene rings is 3. The van der Waals surface area contributed by atoms with Crippen LogP contribution in [0.4, 0.5) is 14.5 Å². The number of carbonyl (C=O) groups is 2. The first-order chi connectivity index (χ1) is 21.0. The maximum absolute atomic E-state index is 14.0. The molecular formula is C33H39F2N3O5S. The Labute approximate surface area is 258 Å². The zero-order valence-corrected chi connectivity index (χ0v) is 25.9. The van der Waals surface area contributed by atoms with Gasteiger partial charge in [0.1, 0.15) is 11.8 Å². The number of amides is 2. The largest absolute Gasteiger partial charge is 0.497 e. The van der Waals surface area contributed by atoms with Gasteiger partial charge in [-0.3, -0.25) is 13.9 Å². The monoisotopic (exact) mass is 627 g/mol. The van der Waals surface area contributed by atoms with Gasteiger partial charge in [-0.25, -0.2) is 17.2 Å². The van der Waals surface area contributed by atoms with Crippen LogP contribution in [0.1, 0.15) is 49.7 Å². The molecule has 2 amide bonds. The minimum absolute atomic E-state index is 0.0371. The number of nitrogens with zero attached hydrogens (tertiary/aromatic N) is 2. The lowest BCUT2D eigenvalue weighted by Gasteiger charge is -2.33. The van der Waals surface area contributed by atoms with Crippen LogP contribution in [0, 0.1) is 11.6 Å². The summed E-state index contributed by atoms with van der Waals surface area (Å²) in [6.45, 7) is -0.00908. The standard InChI is InChI=1S/C33H39F2N3O5S/c1-43-28-15-8-12-25(20-28)23-37(31(21-24-10-4-3-5-11-24)33(40)36-26-13-6-7-14-26)32(39)16-9-19-38(44(2,41)42)27-17-18-29(34)30(35)22-27/h3-5,8,10-12,15,17-18,20,22,26,31H,6-7,9,13-14,16,19,21,23H2,1-2H3,(H,36,40)/t31-/m0/s1. The third-order valence-corrected chi connectivity index (χ3v) is 9.00. The second-order valence-corrected chi connectivity index (χ2v) is 13.0. The van der Waals surface area contributed by atoms with Crippen LogP contribution in [-0.2, 0) is 32.6 Å². The molecule has 236 valence electrons. The maximum atomic E-state index is 14.0. The number of anilines is 1. The summed E-state index contributed by atoms with van der Waals surface area (Å²) in [6.07, 6.45) is 5.11. The summed E-state index contributed by atoms with van der Waals surface area (Å²) >= 11 is 0. The number of nitrogens with one attached hydrogen (secondary N) is 1. The van der Waals surface area contributed by atoms with Crippen LogP contribution in [0.25, 0.3) is 0 Å². The first-order valence-corrected chi connectivity index (χ1v) is 16.6. The van der Waals surface area contributed by atoms with Gasteiger partial charge in [0.25, 0.3) is 0 Å². The Bertz CT molecular complexity index is 1530. The summed E-state index contributed by atoms with van der Waals surface area (Å²) in [5.41, 5.74) is 1.62. The number of carbonyl (C=O) groups excluding carboxylic acids is 2. The lowest BCUT2D eigenvalue weighted by atomic mass is 10.0. The second-order valence-electron chi connectivity index (χ2n) is 11.1. The smallest absolute Gasteiger partial charge is 0.243 e. The molecule has 1 aliphatic rings. The molecule has 0 radical (unpaired) electrons. The average molecular weight is 628 g/mol. The molecule has 3 aromatic carbocycles. The molecule has 8 nitrogen and oxygen atoms in total. The highest BCUT2D eigenvalue weighted by molar-refractivity contribution is 7.92. The van der Waals surface area contributed by atoms with E-state index in [1.807, 2.05) is 48.5 Å². The van der Waals surface area contributed by atoms with Crippen LogP contribution in [0.3, 0.4) is 0 Å². The van der Waals surface area contributed by atoms with Crippen molar-refractivity contribution in [3.05, 3.63) is 95.6 Å². The SMILES string of the molecule is COc1cccc(CN(C(=O)CCCN(c2ccc(F)c(F)c2)S(C)(=O)=O)[C@@H](Cc2ccccc2)C(=O)NC2CCCC2)c1. The molecule has 0 saturated heterocycles. The summed E-state index contributed by atoms with van der Waals surface area (Å²) in [4.78, 5) is 29.4. The van der Waals surface area contributed by atoms with Crippen LogP contribution in [0.2, 0.25) is 0 Å². The quantitative estimate of drug-likeness (QED) is 0.265. The molecule has 1 aliphatic carbocycles. The lowest BCUT2D eigenvalue weighted by molar-refractivity contribution is -0.141. The summed E-state index contributed by atoms with van der Waals surface area (Å²) in [6, 6.07) is 18.8. The first-order valence-electron chi connectivity index (χ1n) is 14.7. The molecule has 0 aromatic heterocycles. The molecule has 4 rings (SSSR count). The van der Waals surface area contributed by atoms with Crippen molar-refractivity contribution in [3.8, 4) is 5.75 Å². The Kier molecular flexibility index (Phi) is 11.3. The molecule has 1 fully saturated rings. The molecule has 0 bridgehead atoms. The van der Waals surface area contributed by atoms with Crippen molar-refractivity contribution in [3.63, 3.8) is 0 Å². The number of hydrogen-bond acceptors (Lipinski definition) is 5. The Morgan fingerprint density at radius 2 is 1.66 bits per heavy atom. The number of rotatable bonds is 14. The van der Waals surface area contributed by atoms with Crippen molar-refractivity contribution in [1.29, 1.82) is 0 Å². The van der Waals surface area contributed by atoms with E-state index >= 15 is 0 Å². The van der Waals surface area contributed by atoms with Crippen molar-refractivity contribution >= 4 is 27.5 Å². The molecular weight excluding hydrogens is 588 g/mol. The predicted molar refractivity (Wildman–Crippen MR) is 166 cm³/mol. The highest BCUT2D eigenvalue weighted by atomic mass is 32.2. The van der Waals surface area contributed by atoms with Gasteiger partial charge < -0.3 is 15.0 Å². The molecule has 3 aromatic rings. The molecule has 1 N–H and O–H groups in total. The van der Waals surface area contributed by atoms with Gasteiger partial charge in [0.2, 0.25) is 21.8 Å². The van der Waals surface area contributed by atoms with E-state index < -0.39 is 27.7 Å². The van der Waals surface area contributed by atoms with E-state index in [2.05, 4.69) is 5.32 Å². The Balaban J connectivity index is 1.60. The van der Waals surface area contributed by atoms with E-state index in [-0.39, 0.29) is 49.5 Å². The van der Waals surface area contributed by atoms with Gasteiger partial charge in [0.15, 0.2) is 11.6 Å². The number of hydrogen-bond donors (Lipinski definition) is 1. The number of methoxy groups -OCH3 is 1. The minimum Gasteiger partial charge on any atom is -0.497 e. The van der Waals surface area contributed by atoms with Gasteiger partial charge >= 0.3 is 0 Å². The lowest BCUT2D eigenvalue weighted by Crippen LogP contribution is -2.52. The van der Waals surface area contributed by atoms with Crippen molar-refractivity contribution in [2.24, 2.45) is 0 Å². The van der Waals surface area contributed by atoms with Gasteiger partial charge in [0.05, 0.1) is 19.1 Å². The molecule has 44 heavy (non-hydrogen) atoms. The van der Waals surface area contributed by atoms with Gasteiger partial charge in [-0.1, -0.05) is 55.3 Å². The number of sulfonamides is 1. The summed E-state index contributed by atoms with van der Waals surface area (Å²) < 4.78 is 58.9. The van der Waals surface area contributed by atoms with Gasteiger partial charge in [-0.15, -0.1) is 0 Å². The highest BCUT2D eigenvalue weighted by Gasteiger charge is 2.32. The third-order valence-electron chi connectivity index (χ3n) is 7.80. The van der Waals surface area contributed by atoms with Crippen molar-refractivity contribution < 1.29 is 31.5 Å². The minimum atomic E-state index is -3.86. The fourth-order valence-electron chi connectivity index (χ4n) is 5.53. The van der Waals surface area contributed by atoms with E-state index in [0.29, 0.717) is 12.2 Å². The molecule has 0 heterocycles. The number of ether oxygens (including phenoxy) is 1. The van der Waals surface area contributed by atoms with Gasteiger partial charge in [0, 0.05) is 38.0 Å². The van der Waals surface area contributed by atoms with Gasteiger partial charge in [-0.05, 0) is 54.7 Å². The zero-order valence-electron chi connectivity index (χ0n) is 25.0. The van der Waals surface area contributed by atoms with E-state index in [0.717, 1.165) is 59.5 Å². The van der Waals surface area contributed by atoms with Crippen LogP contribution in [-0.4, -0.2) is 57.1 Å². The third kappa shape index (κ3) is 9.01. The van der Waals surface area contributed by atoms with E-state index in [9.17, 15) is 26.8 Å². The molecule has 1 atom stereocenters. The predicted octanol–water partition coefficient (Wildman–Crippen LogP) is 5.22. The zero-order chi connectivity index (χ0) is 31.7. The normalized spacial score (nSPS) is 14.2. The second kappa shape index (κ2) is 15.1. The summed E-state index contributed by atoms with van der Waals surface area (Å²) in [7, 11) is -2.31. The van der Waals surface area contributed by atoms with Crippen molar-refractivity contribution in [2.75, 3.05) is 24.2 Å². The summed E-state index contributed by atoms with van der Waals surface area (Å²) in [5.74, 6) is -2.23. The molecule has 0 aliphatic heterocycles. The van der Waals surface area contributed by atoms with E-state index in [1.54, 1.807) is 18.1 Å². The van der Waals surface area contributed by atoms with Crippen LogP contribution in [0.5, 0.6) is 5.75 Å². The van der Waals surface area contributed by atoms with Crippen molar-refractivity contribution in [2.45, 2.75) is 63.6 Å². The Morgan fingerprint density at radius 1 is 0.955 bits per heavy atom. The van der Waals surface area contributed by atoms with Crippen molar-refractivity contribution in [1.82, 2.24) is 10.2 Å². The Morgan fingerprint density at radius 3 is 2.32 bits per heavy atom. The molecule has 0 unspecified atom stereocenters. The van der Waals surface area contributed by atoms with Gasteiger partial charge in [-0.2, -0.15) is 0 Å². The van der Waals surface area contributed by atoms with Crippen LogP contribution < -0.4 is 14.4 Å². The highest BCUT2D eigenvalue weighted by Crippen LogP contribution is 2.24.